The maximum absolute atomic E-state index is 11.2. The molecule has 1 aliphatic rings. The van der Waals surface area contributed by atoms with Gasteiger partial charge < -0.3 is 9.47 Å². The van der Waals surface area contributed by atoms with Gasteiger partial charge in [-0.15, -0.1) is 11.8 Å². The van der Waals surface area contributed by atoms with Gasteiger partial charge >= 0.3 is 5.97 Å². The highest BCUT2D eigenvalue weighted by Crippen LogP contribution is 2.30. The molecule has 1 rings (SSSR count). The van der Waals surface area contributed by atoms with Crippen molar-refractivity contribution in [3.05, 3.63) is 12.2 Å². The fraction of sp³-hybridized carbons (Fsp3) is 0.667. The number of rotatable bonds is 2. The van der Waals surface area contributed by atoms with Crippen LogP contribution in [0.3, 0.4) is 0 Å². The minimum Gasteiger partial charge on any atom is -0.442 e. The van der Waals surface area contributed by atoms with Crippen LogP contribution < -0.4 is 0 Å². The summed E-state index contributed by atoms with van der Waals surface area (Å²) in [5.41, 5.74) is 0.424. The van der Waals surface area contributed by atoms with Crippen molar-refractivity contribution < 1.29 is 14.3 Å². The van der Waals surface area contributed by atoms with Gasteiger partial charge in [0.15, 0.2) is 4.93 Å². The fourth-order valence-corrected chi connectivity index (χ4v) is 1.89. The Labute approximate surface area is 82.5 Å². The van der Waals surface area contributed by atoms with Crippen LogP contribution in [-0.2, 0) is 14.3 Å². The predicted molar refractivity (Wildman–Crippen MR) is 52.6 cm³/mol. The molecule has 0 aliphatic carbocycles. The van der Waals surface area contributed by atoms with E-state index in [1.165, 1.54) is 0 Å². The fourth-order valence-electron chi connectivity index (χ4n) is 0.958. The van der Waals surface area contributed by atoms with E-state index in [1.54, 1.807) is 18.7 Å². The Morgan fingerprint density at radius 1 is 1.69 bits per heavy atom. The molecule has 0 aromatic carbocycles. The predicted octanol–water partition coefficient (Wildman–Crippen LogP) is 1.59. The zero-order valence-electron chi connectivity index (χ0n) is 7.96. The van der Waals surface area contributed by atoms with Gasteiger partial charge in [-0.05, 0) is 13.8 Å². The average Bonchev–Trinajstić information content (AvgIpc) is 2.04. The second-order valence-corrected chi connectivity index (χ2v) is 4.77. The minimum absolute atomic E-state index is 0.347. The molecule has 0 N–H and O–H groups in total. The third-order valence-corrected chi connectivity index (χ3v) is 2.84. The number of carbonyl (C=O) groups is 1. The van der Waals surface area contributed by atoms with Crippen molar-refractivity contribution >= 4 is 17.7 Å². The van der Waals surface area contributed by atoms with Crippen LogP contribution in [0.2, 0.25) is 0 Å². The summed E-state index contributed by atoms with van der Waals surface area (Å²) >= 11 is 1.60. The van der Waals surface area contributed by atoms with Crippen LogP contribution in [0.1, 0.15) is 13.8 Å². The first-order valence-electron chi connectivity index (χ1n) is 4.14. The Bertz CT molecular complexity index is 219. The van der Waals surface area contributed by atoms with Crippen LogP contribution in [0.4, 0.5) is 0 Å². The van der Waals surface area contributed by atoms with Gasteiger partial charge in [0, 0.05) is 11.3 Å². The molecule has 0 aromatic rings. The Balaban J connectivity index is 2.50. The highest BCUT2D eigenvalue weighted by atomic mass is 32.2. The summed E-state index contributed by atoms with van der Waals surface area (Å²) in [7, 11) is 0. The lowest BCUT2D eigenvalue weighted by Gasteiger charge is -2.32. The second-order valence-electron chi connectivity index (χ2n) is 3.20. The van der Waals surface area contributed by atoms with Gasteiger partial charge in [0.05, 0.1) is 13.2 Å². The van der Waals surface area contributed by atoms with Crippen molar-refractivity contribution in [1.29, 1.82) is 0 Å². The largest absolute Gasteiger partial charge is 0.442 e. The summed E-state index contributed by atoms with van der Waals surface area (Å²) in [6, 6.07) is 0. The molecular formula is C9H14O3S. The summed E-state index contributed by atoms with van der Waals surface area (Å²) in [5, 5.41) is 0. The molecule has 1 aliphatic heterocycles. The van der Waals surface area contributed by atoms with E-state index >= 15 is 0 Å². The highest BCUT2D eigenvalue weighted by molar-refractivity contribution is 8.00. The van der Waals surface area contributed by atoms with E-state index in [0.717, 1.165) is 12.4 Å². The number of hydrogen-bond acceptors (Lipinski definition) is 4. The Kier molecular flexibility index (Phi) is 3.39. The van der Waals surface area contributed by atoms with Gasteiger partial charge in [-0.25, -0.2) is 4.79 Å². The van der Waals surface area contributed by atoms with Crippen molar-refractivity contribution in [2.24, 2.45) is 0 Å². The minimum atomic E-state index is -0.533. The van der Waals surface area contributed by atoms with Gasteiger partial charge in [-0.1, -0.05) is 6.58 Å². The first-order chi connectivity index (χ1) is 6.03. The maximum atomic E-state index is 11.2. The van der Waals surface area contributed by atoms with Crippen molar-refractivity contribution in [3.63, 3.8) is 0 Å². The van der Waals surface area contributed by atoms with Gasteiger partial charge in [-0.2, -0.15) is 0 Å². The van der Waals surface area contributed by atoms with E-state index < -0.39 is 4.93 Å². The molecule has 3 nitrogen and oxygen atoms in total. The Morgan fingerprint density at radius 2 is 2.38 bits per heavy atom. The first kappa shape index (κ1) is 10.6. The second kappa shape index (κ2) is 4.15. The number of ether oxygens (including phenoxy) is 2. The zero-order valence-corrected chi connectivity index (χ0v) is 8.78. The summed E-state index contributed by atoms with van der Waals surface area (Å²) in [6.07, 6.45) is 0. The number of thioether (sulfide) groups is 1. The van der Waals surface area contributed by atoms with Gasteiger partial charge in [-0.3, -0.25) is 0 Å². The highest BCUT2D eigenvalue weighted by Gasteiger charge is 2.32. The molecular weight excluding hydrogens is 188 g/mol. The molecule has 1 unspecified atom stereocenters. The summed E-state index contributed by atoms with van der Waals surface area (Å²) in [4.78, 5) is 10.7. The smallest absolute Gasteiger partial charge is 0.334 e. The number of hydrogen-bond donors (Lipinski definition) is 0. The lowest BCUT2D eigenvalue weighted by molar-refractivity contribution is -0.149. The molecule has 4 heteroatoms. The van der Waals surface area contributed by atoms with Crippen molar-refractivity contribution in [2.45, 2.75) is 18.8 Å². The molecule has 1 saturated heterocycles. The lowest BCUT2D eigenvalue weighted by atomic mass is 10.3. The van der Waals surface area contributed by atoms with E-state index in [2.05, 4.69) is 6.58 Å². The van der Waals surface area contributed by atoms with E-state index in [1.807, 2.05) is 6.92 Å². The third kappa shape index (κ3) is 3.04. The van der Waals surface area contributed by atoms with Gasteiger partial charge in [0.25, 0.3) is 0 Å². The molecule has 1 heterocycles. The first-order valence-corrected chi connectivity index (χ1v) is 5.13. The molecule has 0 amide bonds. The number of esters is 1. The molecule has 0 bridgehead atoms. The van der Waals surface area contributed by atoms with Crippen LogP contribution in [0.5, 0.6) is 0 Å². The molecule has 0 spiro atoms. The molecule has 13 heavy (non-hydrogen) atoms. The van der Waals surface area contributed by atoms with E-state index in [-0.39, 0.29) is 5.97 Å². The van der Waals surface area contributed by atoms with Crippen molar-refractivity contribution in [2.75, 3.05) is 19.0 Å². The van der Waals surface area contributed by atoms with E-state index in [9.17, 15) is 4.79 Å². The monoisotopic (exact) mass is 202 g/mol. The van der Waals surface area contributed by atoms with Crippen LogP contribution in [0.25, 0.3) is 0 Å². The quantitative estimate of drug-likeness (QED) is 0.503. The molecule has 1 fully saturated rings. The topological polar surface area (TPSA) is 35.5 Å². The van der Waals surface area contributed by atoms with Crippen LogP contribution in [-0.4, -0.2) is 29.9 Å². The maximum Gasteiger partial charge on any atom is 0.334 e. The summed E-state index contributed by atoms with van der Waals surface area (Å²) in [5.74, 6) is 0.514. The zero-order chi connectivity index (χ0) is 9.90. The van der Waals surface area contributed by atoms with Gasteiger partial charge in [0.1, 0.15) is 0 Å². The number of carbonyl (C=O) groups excluding carboxylic acids is 1. The van der Waals surface area contributed by atoms with Crippen molar-refractivity contribution in [3.8, 4) is 0 Å². The Hall–Kier alpha value is -0.480. The van der Waals surface area contributed by atoms with Crippen LogP contribution in [0.15, 0.2) is 12.2 Å². The third-order valence-electron chi connectivity index (χ3n) is 1.66. The molecule has 0 saturated carbocycles. The molecule has 0 aromatic heterocycles. The van der Waals surface area contributed by atoms with E-state index in [4.69, 9.17) is 9.47 Å². The standard InChI is InChI=1S/C9H14O3S/c1-7(2)8(10)12-9(3)6-11-4-5-13-9/h1,4-6H2,2-3H3. The average molecular weight is 202 g/mol. The van der Waals surface area contributed by atoms with Crippen molar-refractivity contribution in [1.82, 2.24) is 0 Å². The summed E-state index contributed by atoms with van der Waals surface area (Å²) in [6.45, 7) is 8.21. The lowest BCUT2D eigenvalue weighted by Crippen LogP contribution is -2.37. The van der Waals surface area contributed by atoms with Crippen LogP contribution in [0, 0.1) is 0 Å². The van der Waals surface area contributed by atoms with E-state index in [0.29, 0.717) is 12.2 Å². The molecule has 1 atom stereocenters. The Morgan fingerprint density at radius 3 is 2.85 bits per heavy atom. The SMILES string of the molecule is C=C(C)C(=O)OC1(C)COCCS1. The normalized spacial score (nSPS) is 28.2. The molecule has 0 radical (unpaired) electrons. The van der Waals surface area contributed by atoms with Crippen LogP contribution >= 0.6 is 11.8 Å². The molecule has 74 valence electrons. The summed E-state index contributed by atoms with van der Waals surface area (Å²) < 4.78 is 10.5. The van der Waals surface area contributed by atoms with Gasteiger partial charge in [0.2, 0.25) is 0 Å².